The molecule has 1 aliphatic rings. The summed E-state index contributed by atoms with van der Waals surface area (Å²) in [5.74, 6) is 1.68. The number of nitrogens with one attached hydrogen (secondary N) is 1. The first-order valence-corrected chi connectivity index (χ1v) is 12.8. The Hall–Kier alpha value is -3.10. The number of halogens is 1. The molecule has 34 heavy (non-hydrogen) atoms. The second-order valence-corrected chi connectivity index (χ2v) is 9.64. The molecule has 1 N–H and O–H groups in total. The number of hydrogen-bond donors (Lipinski definition) is 1. The Kier molecular flexibility index (Phi) is 6.69. The number of carbonyl (C=O) groups excluding carboxylic acids is 1. The molecule has 2 aromatic carbocycles. The average molecular weight is 493 g/mol. The molecule has 0 radical (unpaired) electrons. The number of rotatable bonds is 6. The Labute approximate surface area is 207 Å². The third-order valence-electron chi connectivity index (χ3n) is 6.17. The summed E-state index contributed by atoms with van der Waals surface area (Å²) in [7, 11) is 0. The molecule has 9 heteroatoms. The maximum atomic E-state index is 12.7. The summed E-state index contributed by atoms with van der Waals surface area (Å²) in [6.45, 7) is 2.11. The molecule has 3 heterocycles. The topological polar surface area (TPSA) is 75.4 Å². The van der Waals surface area contributed by atoms with E-state index in [1.54, 1.807) is 16.3 Å². The molecule has 5 rings (SSSR count). The van der Waals surface area contributed by atoms with Gasteiger partial charge >= 0.3 is 0 Å². The molecule has 0 spiro atoms. The third kappa shape index (κ3) is 4.88. The van der Waals surface area contributed by atoms with Gasteiger partial charge in [-0.15, -0.1) is 27.1 Å². The van der Waals surface area contributed by atoms with Crippen molar-refractivity contribution < 1.29 is 4.79 Å². The number of benzene rings is 2. The fourth-order valence-electron chi connectivity index (χ4n) is 4.17. The monoisotopic (exact) mass is 492 g/mol. The van der Waals surface area contributed by atoms with Crippen LogP contribution in [0.2, 0.25) is 5.02 Å². The lowest BCUT2D eigenvalue weighted by Gasteiger charge is -2.32. The highest BCUT2D eigenvalue weighted by molar-refractivity contribution is 7.98. The van der Waals surface area contributed by atoms with Crippen molar-refractivity contribution in [1.29, 1.82) is 0 Å². The molecule has 0 saturated carbocycles. The number of anilines is 1. The molecular weight excluding hydrogens is 468 g/mol. The summed E-state index contributed by atoms with van der Waals surface area (Å²) < 4.78 is 1.76. The van der Waals surface area contributed by atoms with Crippen LogP contribution in [0.5, 0.6) is 0 Å². The van der Waals surface area contributed by atoms with Crippen molar-refractivity contribution in [3.8, 4) is 11.4 Å². The normalized spacial score (nSPS) is 14.5. The van der Waals surface area contributed by atoms with Gasteiger partial charge in [0, 0.05) is 41.0 Å². The van der Waals surface area contributed by atoms with Crippen LogP contribution in [0, 0.1) is 5.92 Å². The van der Waals surface area contributed by atoms with Crippen molar-refractivity contribution in [3.05, 3.63) is 71.2 Å². The van der Waals surface area contributed by atoms with Gasteiger partial charge in [0.15, 0.2) is 11.5 Å². The van der Waals surface area contributed by atoms with E-state index in [0.29, 0.717) is 23.0 Å². The Morgan fingerprint density at radius 2 is 1.76 bits per heavy atom. The van der Waals surface area contributed by atoms with Gasteiger partial charge in [-0.2, -0.15) is 4.52 Å². The van der Waals surface area contributed by atoms with Crippen LogP contribution in [0.3, 0.4) is 0 Å². The first kappa shape index (κ1) is 22.7. The second-order valence-electron chi connectivity index (χ2n) is 8.32. The van der Waals surface area contributed by atoms with Crippen molar-refractivity contribution in [2.75, 3.05) is 24.2 Å². The van der Waals surface area contributed by atoms with Gasteiger partial charge in [0.05, 0.1) is 0 Å². The number of aromatic nitrogens is 4. The number of hydrogen-bond acceptors (Lipinski definition) is 6. The molecule has 4 aromatic rings. The van der Waals surface area contributed by atoms with Gasteiger partial charge in [0.1, 0.15) is 5.82 Å². The molecule has 1 fully saturated rings. The minimum atomic E-state index is 0.0185. The van der Waals surface area contributed by atoms with E-state index in [0.717, 1.165) is 42.9 Å². The first-order valence-electron chi connectivity index (χ1n) is 11.2. The van der Waals surface area contributed by atoms with E-state index in [-0.39, 0.29) is 11.8 Å². The molecule has 0 aliphatic carbocycles. The largest absolute Gasteiger partial charge is 0.355 e. The highest BCUT2D eigenvalue weighted by Crippen LogP contribution is 2.25. The number of carbonyl (C=O) groups is 1. The lowest BCUT2D eigenvalue weighted by atomic mass is 9.96. The maximum absolute atomic E-state index is 12.7. The van der Waals surface area contributed by atoms with Crippen LogP contribution < -0.4 is 10.2 Å². The zero-order chi connectivity index (χ0) is 23.5. The van der Waals surface area contributed by atoms with Crippen molar-refractivity contribution >= 4 is 40.7 Å². The summed E-state index contributed by atoms with van der Waals surface area (Å²) in [4.78, 5) is 16.2. The molecule has 0 unspecified atom stereocenters. The van der Waals surface area contributed by atoms with Gasteiger partial charge in [0.2, 0.25) is 5.91 Å². The minimum Gasteiger partial charge on any atom is -0.355 e. The number of fused-ring (bicyclic) bond motifs is 1. The fourth-order valence-corrected chi connectivity index (χ4v) is 4.71. The van der Waals surface area contributed by atoms with Crippen molar-refractivity contribution in [1.82, 2.24) is 25.1 Å². The number of piperidine rings is 1. The molecule has 1 aliphatic heterocycles. The zero-order valence-corrected chi connectivity index (χ0v) is 20.4. The van der Waals surface area contributed by atoms with Gasteiger partial charge < -0.3 is 10.2 Å². The summed E-state index contributed by atoms with van der Waals surface area (Å²) in [6, 6.07) is 19.7. The lowest BCUT2D eigenvalue weighted by Crippen LogP contribution is -2.40. The molecular formula is C25H25ClN6OS. The summed E-state index contributed by atoms with van der Waals surface area (Å²) >= 11 is 7.73. The smallest absolute Gasteiger partial charge is 0.223 e. The van der Waals surface area contributed by atoms with Crippen LogP contribution in [-0.2, 0) is 11.3 Å². The molecule has 0 atom stereocenters. The Bertz CT molecular complexity index is 1280. The summed E-state index contributed by atoms with van der Waals surface area (Å²) in [6.07, 6.45) is 3.65. The van der Waals surface area contributed by atoms with Gasteiger partial charge in [-0.05, 0) is 73.2 Å². The molecule has 174 valence electrons. The van der Waals surface area contributed by atoms with Crippen molar-refractivity contribution in [3.63, 3.8) is 0 Å². The van der Waals surface area contributed by atoms with Crippen LogP contribution in [0.25, 0.3) is 17.0 Å². The van der Waals surface area contributed by atoms with Gasteiger partial charge in [-0.25, -0.2) is 0 Å². The van der Waals surface area contributed by atoms with Crippen LogP contribution in [-0.4, -0.2) is 45.1 Å². The number of thioether (sulfide) groups is 1. The lowest BCUT2D eigenvalue weighted by molar-refractivity contribution is -0.125. The van der Waals surface area contributed by atoms with Crippen LogP contribution in [0.15, 0.2) is 65.6 Å². The standard InChI is InChI=1S/C25H25ClN6OS/c1-34-21-8-2-17(3-9-21)16-27-25(33)19-12-14-31(15-13-19)23-11-10-22-28-29-24(32(22)30-23)18-4-6-20(26)7-5-18/h2-11,19H,12-16H2,1H3,(H,27,33). The van der Waals surface area contributed by atoms with Gasteiger partial charge in [-0.3, -0.25) is 4.79 Å². The first-order chi connectivity index (χ1) is 16.6. The third-order valence-corrected chi connectivity index (χ3v) is 7.16. The van der Waals surface area contributed by atoms with E-state index < -0.39 is 0 Å². The quantitative estimate of drug-likeness (QED) is 0.393. The maximum Gasteiger partial charge on any atom is 0.223 e. The second kappa shape index (κ2) is 10.0. The van der Waals surface area contributed by atoms with Crippen LogP contribution >= 0.6 is 23.4 Å². The summed E-state index contributed by atoms with van der Waals surface area (Å²) in [5, 5.41) is 17.1. The van der Waals surface area contributed by atoms with Crippen molar-refractivity contribution in [2.24, 2.45) is 5.92 Å². The molecule has 1 amide bonds. The Morgan fingerprint density at radius 1 is 1.03 bits per heavy atom. The Balaban J connectivity index is 1.21. The van der Waals surface area contributed by atoms with Crippen LogP contribution in [0.1, 0.15) is 18.4 Å². The molecule has 2 aromatic heterocycles. The zero-order valence-electron chi connectivity index (χ0n) is 18.8. The van der Waals surface area contributed by atoms with Gasteiger partial charge in [-0.1, -0.05) is 23.7 Å². The predicted octanol–water partition coefficient (Wildman–Crippen LogP) is 4.70. The van der Waals surface area contributed by atoms with E-state index in [1.165, 1.54) is 4.90 Å². The molecule has 7 nitrogen and oxygen atoms in total. The Morgan fingerprint density at radius 3 is 2.47 bits per heavy atom. The van der Waals surface area contributed by atoms with E-state index in [1.807, 2.05) is 36.4 Å². The highest BCUT2D eigenvalue weighted by Gasteiger charge is 2.26. The van der Waals surface area contributed by atoms with Crippen LogP contribution in [0.4, 0.5) is 5.82 Å². The molecule has 0 bridgehead atoms. The fraction of sp³-hybridized carbons (Fsp3) is 0.280. The van der Waals surface area contributed by atoms with Gasteiger partial charge in [0.25, 0.3) is 0 Å². The van der Waals surface area contributed by atoms with E-state index in [9.17, 15) is 4.79 Å². The molecule has 1 saturated heterocycles. The number of amides is 1. The number of nitrogens with zero attached hydrogens (tertiary/aromatic N) is 5. The highest BCUT2D eigenvalue weighted by atomic mass is 35.5. The average Bonchev–Trinajstić information content (AvgIpc) is 3.31. The summed E-state index contributed by atoms with van der Waals surface area (Å²) in [5.41, 5.74) is 2.71. The van der Waals surface area contributed by atoms with E-state index >= 15 is 0 Å². The SMILES string of the molecule is CSc1ccc(CNC(=O)C2CCN(c3ccc4nnc(-c5ccc(Cl)cc5)n4n3)CC2)cc1. The van der Waals surface area contributed by atoms with Crippen molar-refractivity contribution in [2.45, 2.75) is 24.3 Å². The predicted molar refractivity (Wildman–Crippen MR) is 136 cm³/mol. The minimum absolute atomic E-state index is 0.0185. The van der Waals surface area contributed by atoms with E-state index in [2.05, 4.69) is 50.9 Å². The van der Waals surface area contributed by atoms with E-state index in [4.69, 9.17) is 16.7 Å².